The monoisotopic (exact) mass is 612 g/mol. The normalized spacial score (nSPS) is 17.0. The standard InChI is InChI=1S/C29H33ClN6O7/c1-41-25-24(22-16-35(10-9-32-22)29(40)34-11-13-42-14-12-34)33-36(26(37)20-3-2-4-21(23(20)30)28(38)39)27(25)43-17-19-7-5-18(15-31)6-8-19/h2-8,22,32H,9-17,31H2,1H3,(H,38,39). The fourth-order valence-corrected chi connectivity index (χ4v) is 5.34. The van der Waals surface area contributed by atoms with E-state index in [0.717, 1.165) is 15.8 Å². The smallest absolute Gasteiger partial charge is 0.337 e. The van der Waals surface area contributed by atoms with Crippen LogP contribution in [0.3, 0.4) is 0 Å². The molecule has 2 aliphatic rings. The van der Waals surface area contributed by atoms with E-state index in [2.05, 4.69) is 10.4 Å². The zero-order valence-corrected chi connectivity index (χ0v) is 24.4. The molecular weight excluding hydrogens is 580 g/mol. The summed E-state index contributed by atoms with van der Waals surface area (Å²) in [6, 6.07) is 11.1. The highest BCUT2D eigenvalue weighted by Gasteiger charge is 2.35. The second-order valence-electron chi connectivity index (χ2n) is 10.1. The van der Waals surface area contributed by atoms with Gasteiger partial charge in [0.2, 0.25) is 5.75 Å². The highest BCUT2D eigenvalue weighted by molar-refractivity contribution is 6.36. The molecule has 5 rings (SSSR count). The molecule has 2 fully saturated rings. The van der Waals surface area contributed by atoms with Crippen molar-refractivity contribution < 1.29 is 33.7 Å². The largest absolute Gasteiger partial charge is 0.490 e. The lowest BCUT2D eigenvalue weighted by Crippen LogP contribution is -2.54. The number of methoxy groups -OCH3 is 1. The average molecular weight is 613 g/mol. The number of amides is 2. The average Bonchev–Trinajstić information content (AvgIpc) is 3.42. The first-order valence-corrected chi connectivity index (χ1v) is 14.2. The maximum absolute atomic E-state index is 13.9. The predicted molar refractivity (Wildman–Crippen MR) is 156 cm³/mol. The summed E-state index contributed by atoms with van der Waals surface area (Å²) in [5.74, 6) is -1.76. The molecule has 13 nitrogen and oxygen atoms in total. The van der Waals surface area contributed by atoms with Crippen LogP contribution in [0.5, 0.6) is 11.6 Å². The Kier molecular flexibility index (Phi) is 9.46. The van der Waals surface area contributed by atoms with E-state index >= 15 is 0 Å². The number of piperazine rings is 1. The third-order valence-electron chi connectivity index (χ3n) is 7.37. The van der Waals surface area contributed by atoms with Gasteiger partial charge in [-0.25, -0.2) is 9.59 Å². The Bertz CT molecular complexity index is 1490. The van der Waals surface area contributed by atoms with E-state index in [1.807, 2.05) is 24.3 Å². The van der Waals surface area contributed by atoms with E-state index < -0.39 is 17.9 Å². The van der Waals surface area contributed by atoms with Crippen molar-refractivity contribution in [3.05, 3.63) is 75.4 Å². The van der Waals surface area contributed by atoms with Crippen LogP contribution in [0.1, 0.15) is 43.6 Å². The Morgan fingerprint density at radius 1 is 1.07 bits per heavy atom. The van der Waals surface area contributed by atoms with Gasteiger partial charge in [-0.1, -0.05) is 41.9 Å². The van der Waals surface area contributed by atoms with Gasteiger partial charge in [0.25, 0.3) is 11.8 Å². The zero-order chi connectivity index (χ0) is 30.5. The van der Waals surface area contributed by atoms with E-state index in [1.165, 1.54) is 25.3 Å². The van der Waals surface area contributed by atoms with Crippen molar-refractivity contribution in [2.75, 3.05) is 53.0 Å². The van der Waals surface area contributed by atoms with E-state index in [0.29, 0.717) is 51.6 Å². The third-order valence-corrected chi connectivity index (χ3v) is 7.78. The Hall–Kier alpha value is -4.17. The number of hydrogen-bond donors (Lipinski definition) is 3. The van der Waals surface area contributed by atoms with Gasteiger partial charge in [-0.15, -0.1) is 0 Å². The summed E-state index contributed by atoms with van der Waals surface area (Å²) < 4.78 is 18.3. The number of nitrogens with two attached hydrogens (primary N) is 1. The van der Waals surface area contributed by atoms with Crippen molar-refractivity contribution >= 4 is 29.5 Å². The number of rotatable bonds is 8. The molecule has 3 heterocycles. The highest BCUT2D eigenvalue weighted by atomic mass is 35.5. The van der Waals surface area contributed by atoms with Crippen LogP contribution < -0.4 is 20.5 Å². The lowest BCUT2D eigenvalue weighted by molar-refractivity contribution is 0.0405. The van der Waals surface area contributed by atoms with E-state index in [9.17, 15) is 19.5 Å². The first-order valence-electron chi connectivity index (χ1n) is 13.8. The summed E-state index contributed by atoms with van der Waals surface area (Å²) in [5, 5.41) is 17.3. The second-order valence-corrected chi connectivity index (χ2v) is 10.4. The summed E-state index contributed by atoms with van der Waals surface area (Å²) in [5.41, 5.74) is 7.54. The van der Waals surface area contributed by atoms with Crippen molar-refractivity contribution in [2.45, 2.75) is 19.2 Å². The number of hydrogen-bond acceptors (Lipinski definition) is 9. The Morgan fingerprint density at radius 2 is 1.77 bits per heavy atom. The topological polar surface area (TPSA) is 161 Å². The fourth-order valence-electron chi connectivity index (χ4n) is 5.05. The number of benzene rings is 2. The number of carbonyl (C=O) groups excluding carboxylic acids is 2. The Labute approximate surface area is 253 Å². The van der Waals surface area contributed by atoms with E-state index in [4.69, 9.17) is 31.5 Å². The predicted octanol–water partition coefficient (Wildman–Crippen LogP) is 2.37. The first kappa shape index (κ1) is 30.3. The highest BCUT2D eigenvalue weighted by Crippen LogP contribution is 2.37. The molecule has 1 aromatic heterocycles. The maximum Gasteiger partial charge on any atom is 0.337 e. The zero-order valence-electron chi connectivity index (χ0n) is 23.6. The summed E-state index contributed by atoms with van der Waals surface area (Å²) in [6.45, 7) is 3.73. The van der Waals surface area contributed by atoms with Crippen LogP contribution in [0.4, 0.5) is 4.79 Å². The number of aromatic carboxylic acids is 1. The van der Waals surface area contributed by atoms with E-state index in [-0.39, 0.29) is 47.0 Å². The molecule has 2 aliphatic heterocycles. The van der Waals surface area contributed by atoms with Gasteiger partial charge >= 0.3 is 12.0 Å². The van der Waals surface area contributed by atoms with Gasteiger partial charge in [-0.2, -0.15) is 9.78 Å². The molecular formula is C29H33ClN6O7. The van der Waals surface area contributed by atoms with E-state index in [1.54, 1.807) is 9.80 Å². The molecule has 0 aliphatic carbocycles. The number of carbonyl (C=O) groups is 3. The fraction of sp³-hybridized carbons (Fsp3) is 0.379. The van der Waals surface area contributed by atoms with Crippen molar-refractivity contribution in [3.8, 4) is 11.6 Å². The van der Waals surface area contributed by atoms with Gasteiger partial charge in [-0.3, -0.25) is 4.79 Å². The lowest BCUT2D eigenvalue weighted by Gasteiger charge is -2.37. The minimum Gasteiger partial charge on any atom is -0.490 e. The molecule has 14 heteroatoms. The minimum absolute atomic E-state index is 0.0145. The molecule has 2 aromatic carbocycles. The molecule has 2 saturated heterocycles. The van der Waals surface area contributed by atoms with Crippen molar-refractivity contribution in [1.82, 2.24) is 24.9 Å². The number of nitrogens with one attached hydrogen (secondary N) is 1. The van der Waals surface area contributed by atoms with Gasteiger partial charge in [0.1, 0.15) is 12.3 Å². The molecule has 0 bridgehead atoms. The summed E-state index contributed by atoms with van der Waals surface area (Å²) in [7, 11) is 1.44. The van der Waals surface area contributed by atoms with Crippen molar-refractivity contribution in [1.29, 1.82) is 0 Å². The Balaban J connectivity index is 1.50. The van der Waals surface area contributed by atoms with Crippen LogP contribution in [0.25, 0.3) is 0 Å². The molecule has 0 spiro atoms. The van der Waals surface area contributed by atoms with Gasteiger partial charge in [0, 0.05) is 39.3 Å². The second kappa shape index (κ2) is 13.4. The van der Waals surface area contributed by atoms with Gasteiger partial charge in [0.15, 0.2) is 0 Å². The Morgan fingerprint density at radius 3 is 2.44 bits per heavy atom. The molecule has 0 radical (unpaired) electrons. The van der Waals surface area contributed by atoms with Crippen LogP contribution in [-0.2, 0) is 17.9 Å². The third kappa shape index (κ3) is 6.44. The number of urea groups is 1. The first-order chi connectivity index (χ1) is 20.8. The number of halogens is 1. The summed E-state index contributed by atoms with van der Waals surface area (Å²) >= 11 is 6.36. The molecule has 1 atom stereocenters. The molecule has 0 saturated carbocycles. The SMILES string of the molecule is COc1c(C2CN(C(=O)N3CCOCC3)CCN2)nn(C(=O)c2cccc(C(=O)O)c2Cl)c1OCc1ccc(CN)cc1. The quantitative estimate of drug-likeness (QED) is 0.344. The number of carboxylic acids is 1. The molecule has 4 N–H and O–H groups in total. The molecule has 1 unspecified atom stereocenters. The van der Waals surface area contributed by atoms with Gasteiger partial charge in [0.05, 0.1) is 42.5 Å². The van der Waals surface area contributed by atoms with Crippen LogP contribution in [0.2, 0.25) is 5.02 Å². The molecule has 43 heavy (non-hydrogen) atoms. The summed E-state index contributed by atoms with van der Waals surface area (Å²) in [6.07, 6.45) is 0. The number of aromatic nitrogens is 2. The lowest BCUT2D eigenvalue weighted by atomic mass is 10.1. The molecule has 3 aromatic rings. The maximum atomic E-state index is 13.9. The number of nitrogens with zero attached hydrogens (tertiary/aromatic N) is 4. The van der Waals surface area contributed by atoms with Crippen molar-refractivity contribution in [3.63, 3.8) is 0 Å². The number of carboxylic acid groups (broad SMARTS) is 1. The van der Waals surface area contributed by atoms with Crippen LogP contribution in [0.15, 0.2) is 42.5 Å². The summed E-state index contributed by atoms with van der Waals surface area (Å²) in [4.78, 5) is 42.3. The minimum atomic E-state index is -1.27. The van der Waals surface area contributed by atoms with Gasteiger partial charge < -0.3 is 40.2 Å². The number of ether oxygens (including phenoxy) is 3. The van der Waals surface area contributed by atoms with Crippen LogP contribution in [0, 0.1) is 0 Å². The van der Waals surface area contributed by atoms with Crippen LogP contribution >= 0.6 is 11.6 Å². The van der Waals surface area contributed by atoms with Crippen molar-refractivity contribution in [2.24, 2.45) is 5.73 Å². The van der Waals surface area contributed by atoms with Crippen LogP contribution in [-0.4, -0.2) is 95.6 Å². The molecule has 228 valence electrons. The molecule has 2 amide bonds. The van der Waals surface area contributed by atoms with Gasteiger partial charge in [-0.05, 0) is 23.3 Å². The number of morpholine rings is 1.